The number of hydrogen-bond donors (Lipinski definition) is 0. The van der Waals surface area contributed by atoms with Crippen molar-refractivity contribution in [3.05, 3.63) is 29.8 Å². The molecule has 0 saturated carbocycles. The van der Waals surface area contributed by atoms with Gasteiger partial charge in [-0.15, -0.1) is 23.5 Å². The zero-order valence-corrected chi connectivity index (χ0v) is 13.9. The summed E-state index contributed by atoms with van der Waals surface area (Å²) in [4.78, 5) is 2.65. The Bertz CT molecular complexity index is 442. The minimum absolute atomic E-state index is 0.476. The molecule has 110 valence electrons. The van der Waals surface area contributed by atoms with E-state index >= 15 is 0 Å². The van der Waals surface area contributed by atoms with Gasteiger partial charge in [0.05, 0.1) is 11.2 Å². The van der Waals surface area contributed by atoms with Gasteiger partial charge in [-0.25, -0.2) is 0 Å². The lowest BCUT2D eigenvalue weighted by molar-refractivity contribution is 0.260. The minimum Gasteiger partial charge on any atom is -0.497 e. The molecule has 2 saturated heterocycles. The summed E-state index contributed by atoms with van der Waals surface area (Å²) in [5, 5.41) is 0. The first-order valence-corrected chi connectivity index (χ1v) is 9.33. The van der Waals surface area contributed by atoms with Crippen molar-refractivity contribution in [2.45, 2.75) is 36.4 Å². The molecule has 0 amide bonds. The van der Waals surface area contributed by atoms with Crippen LogP contribution in [-0.2, 0) is 6.54 Å². The van der Waals surface area contributed by atoms with E-state index in [4.69, 9.17) is 4.74 Å². The van der Waals surface area contributed by atoms with Crippen molar-refractivity contribution in [3.8, 4) is 5.75 Å². The molecule has 4 heteroatoms. The summed E-state index contributed by atoms with van der Waals surface area (Å²) in [6.45, 7) is 4.68. The van der Waals surface area contributed by atoms with Crippen molar-refractivity contribution in [2.75, 3.05) is 25.2 Å². The van der Waals surface area contributed by atoms with Crippen molar-refractivity contribution in [2.24, 2.45) is 0 Å². The standard InChI is InChI=1S/C16H23NOS2/c1-13-10-16(19-8-3-9-20-16)12-17(13)11-14-4-6-15(18-2)7-5-14/h4-7,13H,3,8-12H2,1-2H3. The predicted octanol–water partition coefficient (Wildman–Crippen LogP) is 3.86. The Morgan fingerprint density at radius 3 is 2.60 bits per heavy atom. The SMILES string of the molecule is COc1ccc(CN2CC3(CC2C)SCCCS3)cc1. The van der Waals surface area contributed by atoms with Crippen LogP contribution in [0.4, 0.5) is 0 Å². The fourth-order valence-corrected chi connectivity index (χ4v) is 6.68. The Balaban J connectivity index is 1.65. The molecule has 0 radical (unpaired) electrons. The van der Waals surface area contributed by atoms with Crippen LogP contribution in [0, 0.1) is 0 Å². The van der Waals surface area contributed by atoms with Gasteiger partial charge in [0.2, 0.25) is 0 Å². The van der Waals surface area contributed by atoms with E-state index in [9.17, 15) is 0 Å². The van der Waals surface area contributed by atoms with E-state index in [1.54, 1.807) is 7.11 Å². The molecule has 2 nitrogen and oxygen atoms in total. The molecule has 2 aliphatic rings. The monoisotopic (exact) mass is 309 g/mol. The topological polar surface area (TPSA) is 12.5 Å². The number of ether oxygens (including phenoxy) is 1. The Kier molecular flexibility index (Phi) is 4.53. The van der Waals surface area contributed by atoms with Crippen LogP contribution in [0.2, 0.25) is 0 Å². The maximum Gasteiger partial charge on any atom is 0.118 e. The first-order valence-electron chi connectivity index (χ1n) is 7.36. The Morgan fingerprint density at radius 2 is 1.95 bits per heavy atom. The van der Waals surface area contributed by atoms with Gasteiger partial charge in [-0.1, -0.05) is 12.1 Å². The molecule has 0 aliphatic carbocycles. The molecule has 3 rings (SSSR count). The maximum atomic E-state index is 5.23. The predicted molar refractivity (Wildman–Crippen MR) is 89.7 cm³/mol. The molecule has 20 heavy (non-hydrogen) atoms. The van der Waals surface area contributed by atoms with Crippen molar-refractivity contribution < 1.29 is 4.74 Å². The highest BCUT2D eigenvalue weighted by Crippen LogP contribution is 2.50. The first kappa shape index (κ1) is 14.6. The van der Waals surface area contributed by atoms with Crippen molar-refractivity contribution >= 4 is 23.5 Å². The minimum atomic E-state index is 0.476. The van der Waals surface area contributed by atoms with E-state index in [-0.39, 0.29) is 0 Å². The second-order valence-electron chi connectivity index (χ2n) is 5.77. The highest BCUT2D eigenvalue weighted by Gasteiger charge is 2.43. The van der Waals surface area contributed by atoms with Gasteiger partial charge in [-0.2, -0.15) is 0 Å². The van der Waals surface area contributed by atoms with Gasteiger partial charge >= 0.3 is 0 Å². The molecule has 2 heterocycles. The van der Waals surface area contributed by atoms with Crippen LogP contribution in [0.3, 0.4) is 0 Å². The molecule has 1 unspecified atom stereocenters. The zero-order valence-electron chi connectivity index (χ0n) is 12.3. The summed E-state index contributed by atoms with van der Waals surface area (Å²) in [5.74, 6) is 3.63. The number of nitrogens with zero attached hydrogens (tertiary/aromatic N) is 1. The lowest BCUT2D eigenvalue weighted by Gasteiger charge is -2.32. The maximum absolute atomic E-state index is 5.23. The number of benzene rings is 1. The second-order valence-corrected chi connectivity index (χ2v) is 8.98. The molecule has 1 spiro atoms. The highest BCUT2D eigenvalue weighted by molar-refractivity contribution is 8.18. The fourth-order valence-electron chi connectivity index (χ4n) is 3.11. The summed E-state index contributed by atoms with van der Waals surface area (Å²) in [6, 6.07) is 9.21. The normalized spacial score (nSPS) is 26.0. The average molecular weight is 309 g/mol. The summed E-state index contributed by atoms with van der Waals surface area (Å²) in [6.07, 6.45) is 2.71. The van der Waals surface area contributed by atoms with E-state index < -0.39 is 0 Å². The number of hydrogen-bond acceptors (Lipinski definition) is 4. The third-order valence-corrected chi connectivity index (χ3v) is 7.57. The second kappa shape index (κ2) is 6.20. The molecule has 1 atom stereocenters. The number of rotatable bonds is 3. The Morgan fingerprint density at radius 1 is 1.25 bits per heavy atom. The lowest BCUT2D eigenvalue weighted by Crippen LogP contribution is -2.31. The van der Waals surface area contributed by atoms with Crippen LogP contribution < -0.4 is 4.74 Å². The third kappa shape index (κ3) is 3.12. The quantitative estimate of drug-likeness (QED) is 0.840. The van der Waals surface area contributed by atoms with Crippen LogP contribution in [0.1, 0.15) is 25.3 Å². The van der Waals surface area contributed by atoms with Gasteiger partial charge in [0, 0.05) is 19.1 Å². The van der Waals surface area contributed by atoms with Crippen molar-refractivity contribution in [3.63, 3.8) is 0 Å². The van der Waals surface area contributed by atoms with Gasteiger partial charge < -0.3 is 4.74 Å². The van der Waals surface area contributed by atoms with E-state index in [0.717, 1.165) is 12.3 Å². The molecule has 1 aromatic rings. The summed E-state index contributed by atoms with van der Waals surface area (Å²) < 4.78 is 5.71. The van der Waals surface area contributed by atoms with Crippen LogP contribution in [0.25, 0.3) is 0 Å². The van der Waals surface area contributed by atoms with Gasteiger partial charge in [0.25, 0.3) is 0 Å². The highest BCUT2D eigenvalue weighted by atomic mass is 32.2. The van der Waals surface area contributed by atoms with Crippen molar-refractivity contribution in [1.29, 1.82) is 0 Å². The first-order chi connectivity index (χ1) is 9.71. The van der Waals surface area contributed by atoms with Gasteiger partial charge in [-0.05, 0) is 49.0 Å². The van der Waals surface area contributed by atoms with Crippen molar-refractivity contribution in [1.82, 2.24) is 4.90 Å². The van der Waals surface area contributed by atoms with Crippen LogP contribution in [0.15, 0.2) is 24.3 Å². The fraction of sp³-hybridized carbons (Fsp3) is 0.625. The number of thioether (sulfide) groups is 2. The molecule has 1 aromatic carbocycles. The molecule has 2 aliphatic heterocycles. The van der Waals surface area contributed by atoms with E-state index in [2.05, 4.69) is 59.6 Å². The average Bonchev–Trinajstić information content (AvgIpc) is 2.76. The van der Waals surface area contributed by atoms with Gasteiger partial charge in [-0.3, -0.25) is 4.90 Å². The molecular weight excluding hydrogens is 286 g/mol. The summed E-state index contributed by atoms with van der Waals surface area (Å²) in [5.41, 5.74) is 1.39. The smallest absolute Gasteiger partial charge is 0.118 e. The lowest BCUT2D eigenvalue weighted by atomic mass is 10.2. The van der Waals surface area contributed by atoms with Gasteiger partial charge in [0.1, 0.15) is 5.75 Å². The van der Waals surface area contributed by atoms with Crippen LogP contribution >= 0.6 is 23.5 Å². The molecule has 0 bridgehead atoms. The third-order valence-electron chi connectivity index (χ3n) is 4.24. The van der Waals surface area contributed by atoms with Crippen LogP contribution in [0.5, 0.6) is 5.75 Å². The summed E-state index contributed by atoms with van der Waals surface area (Å²) >= 11 is 4.40. The molecule has 2 fully saturated rings. The van der Waals surface area contributed by atoms with Gasteiger partial charge in [0.15, 0.2) is 0 Å². The molecular formula is C16H23NOS2. The molecule has 0 N–H and O–H groups in total. The Hall–Kier alpha value is -0.320. The summed E-state index contributed by atoms with van der Waals surface area (Å²) in [7, 11) is 1.72. The van der Waals surface area contributed by atoms with E-state index in [1.165, 1.54) is 36.5 Å². The molecule has 0 aromatic heterocycles. The zero-order chi connectivity index (χ0) is 14.0. The Labute approximate surface area is 130 Å². The largest absolute Gasteiger partial charge is 0.497 e. The van der Waals surface area contributed by atoms with E-state index in [0.29, 0.717) is 10.1 Å². The van der Waals surface area contributed by atoms with Crippen LogP contribution in [-0.4, -0.2) is 40.2 Å². The number of likely N-dealkylation sites (tertiary alicyclic amines) is 1. The van der Waals surface area contributed by atoms with E-state index in [1.807, 2.05) is 0 Å². The number of methoxy groups -OCH3 is 1.